The Morgan fingerprint density at radius 2 is 2.00 bits per heavy atom. The summed E-state index contributed by atoms with van der Waals surface area (Å²) in [5.74, 6) is -1.00. The van der Waals surface area contributed by atoms with Gasteiger partial charge in [-0.05, 0) is 0 Å². The molecule has 0 atom stereocenters. The van der Waals surface area contributed by atoms with E-state index in [1.165, 1.54) is 6.08 Å². The summed E-state index contributed by atoms with van der Waals surface area (Å²) in [5, 5.41) is 0. The molecule has 1 aliphatic heterocycles. The highest BCUT2D eigenvalue weighted by Gasteiger charge is 2.35. The number of imide groups is 3. The lowest BCUT2D eigenvalue weighted by molar-refractivity contribution is -0.136. The molecule has 1 aliphatic rings. The van der Waals surface area contributed by atoms with Gasteiger partial charge in [-0.15, -0.1) is 0 Å². The SMILES string of the molecule is C=CCOC(=O)N1C(=O)CCC1=O. The number of amides is 3. The quantitative estimate of drug-likeness (QED) is 0.460. The smallest absolute Gasteiger partial charge is 0.423 e. The number of hydrogen-bond donors (Lipinski definition) is 0. The second kappa shape index (κ2) is 3.84. The Morgan fingerprint density at radius 3 is 2.46 bits per heavy atom. The number of likely N-dealkylation sites (tertiary alicyclic amines) is 1. The molecular formula is C8H9NO4. The first-order valence-corrected chi connectivity index (χ1v) is 3.80. The molecule has 1 saturated heterocycles. The van der Waals surface area contributed by atoms with Crippen molar-refractivity contribution in [1.29, 1.82) is 0 Å². The summed E-state index contributed by atoms with van der Waals surface area (Å²) in [7, 11) is 0. The van der Waals surface area contributed by atoms with Gasteiger partial charge in [0.25, 0.3) is 0 Å². The zero-order valence-electron chi connectivity index (χ0n) is 6.99. The van der Waals surface area contributed by atoms with Crippen molar-refractivity contribution in [3.8, 4) is 0 Å². The molecule has 0 aromatic rings. The lowest BCUT2D eigenvalue weighted by atomic mass is 10.4. The maximum absolute atomic E-state index is 11.0. The van der Waals surface area contributed by atoms with E-state index >= 15 is 0 Å². The molecule has 1 rings (SSSR count). The molecule has 0 aromatic heterocycles. The van der Waals surface area contributed by atoms with Crippen molar-refractivity contribution in [3.63, 3.8) is 0 Å². The molecule has 3 amide bonds. The van der Waals surface area contributed by atoms with Gasteiger partial charge in [-0.2, -0.15) is 4.90 Å². The molecule has 1 heterocycles. The molecular weight excluding hydrogens is 174 g/mol. The van der Waals surface area contributed by atoms with Gasteiger partial charge in [-0.3, -0.25) is 9.59 Å². The first-order valence-electron chi connectivity index (χ1n) is 3.80. The number of rotatable bonds is 2. The van der Waals surface area contributed by atoms with E-state index in [-0.39, 0.29) is 19.4 Å². The molecule has 0 aromatic carbocycles. The maximum Gasteiger partial charge on any atom is 0.423 e. The van der Waals surface area contributed by atoms with Crippen molar-refractivity contribution in [2.24, 2.45) is 0 Å². The Bertz CT molecular complexity index is 255. The van der Waals surface area contributed by atoms with E-state index in [9.17, 15) is 14.4 Å². The molecule has 0 N–H and O–H groups in total. The third-order valence-electron chi connectivity index (χ3n) is 1.56. The Morgan fingerprint density at radius 1 is 1.46 bits per heavy atom. The minimum absolute atomic E-state index is 0.00407. The van der Waals surface area contributed by atoms with E-state index in [0.717, 1.165) is 0 Å². The summed E-state index contributed by atoms with van der Waals surface area (Å²) >= 11 is 0. The van der Waals surface area contributed by atoms with Gasteiger partial charge in [0.2, 0.25) is 11.8 Å². The van der Waals surface area contributed by atoms with Crippen LogP contribution in [0.5, 0.6) is 0 Å². The van der Waals surface area contributed by atoms with Crippen LogP contribution in [-0.2, 0) is 14.3 Å². The lowest BCUT2D eigenvalue weighted by Gasteiger charge is -2.10. The topological polar surface area (TPSA) is 63.7 Å². The second-order valence-corrected chi connectivity index (χ2v) is 2.49. The zero-order valence-corrected chi connectivity index (χ0v) is 6.99. The van der Waals surface area contributed by atoms with Crippen LogP contribution in [0.1, 0.15) is 12.8 Å². The van der Waals surface area contributed by atoms with Crippen LogP contribution in [-0.4, -0.2) is 29.4 Å². The van der Waals surface area contributed by atoms with E-state index in [1.807, 2.05) is 0 Å². The Kier molecular flexibility index (Phi) is 2.79. The number of ether oxygens (including phenoxy) is 1. The fraction of sp³-hybridized carbons (Fsp3) is 0.375. The maximum atomic E-state index is 11.0. The molecule has 13 heavy (non-hydrogen) atoms. The molecule has 5 heteroatoms. The van der Waals surface area contributed by atoms with Gasteiger partial charge in [0, 0.05) is 12.8 Å². The average Bonchev–Trinajstić information content (AvgIpc) is 2.42. The summed E-state index contributed by atoms with van der Waals surface area (Å²) in [6, 6.07) is 0. The monoisotopic (exact) mass is 183 g/mol. The van der Waals surface area contributed by atoms with Crippen LogP contribution in [0.15, 0.2) is 12.7 Å². The van der Waals surface area contributed by atoms with Gasteiger partial charge >= 0.3 is 6.09 Å². The highest BCUT2D eigenvalue weighted by Crippen LogP contribution is 2.12. The molecule has 0 spiro atoms. The highest BCUT2D eigenvalue weighted by molar-refractivity contribution is 6.13. The van der Waals surface area contributed by atoms with Gasteiger partial charge in [-0.1, -0.05) is 12.7 Å². The third-order valence-corrected chi connectivity index (χ3v) is 1.56. The number of hydrogen-bond acceptors (Lipinski definition) is 4. The Hall–Kier alpha value is -1.65. The van der Waals surface area contributed by atoms with E-state index < -0.39 is 17.9 Å². The summed E-state index contributed by atoms with van der Waals surface area (Å²) < 4.78 is 4.54. The summed E-state index contributed by atoms with van der Waals surface area (Å²) in [5.41, 5.74) is 0. The second-order valence-electron chi connectivity index (χ2n) is 2.49. The molecule has 0 unspecified atom stereocenters. The minimum Gasteiger partial charge on any atom is -0.445 e. The number of nitrogens with zero attached hydrogens (tertiary/aromatic N) is 1. The van der Waals surface area contributed by atoms with E-state index in [2.05, 4.69) is 11.3 Å². The number of carbonyl (C=O) groups is 3. The lowest BCUT2D eigenvalue weighted by Crippen LogP contribution is -2.36. The van der Waals surface area contributed by atoms with E-state index in [1.54, 1.807) is 0 Å². The van der Waals surface area contributed by atoms with Crippen LogP contribution in [0.3, 0.4) is 0 Å². The van der Waals surface area contributed by atoms with Crippen LogP contribution < -0.4 is 0 Å². The zero-order chi connectivity index (χ0) is 9.84. The van der Waals surface area contributed by atoms with Crippen LogP contribution in [0, 0.1) is 0 Å². The van der Waals surface area contributed by atoms with Crippen molar-refractivity contribution < 1.29 is 19.1 Å². The molecule has 0 bridgehead atoms. The molecule has 0 saturated carbocycles. The van der Waals surface area contributed by atoms with Crippen LogP contribution in [0.4, 0.5) is 4.79 Å². The van der Waals surface area contributed by atoms with Gasteiger partial charge in [0.05, 0.1) is 0 Å². The molecule has 0 radical (unpaired) electrons. The van der Waals surface area contributed by atoms with Gasteiger partial charge in [0.15, 0.2) is 0 Å². The average molecular weight is 183 g/mol. The normalized spacial score (nSPS) is 16.2. The van der Waals surface area contributed by atoms with Crippen LogP contribution in [0.2, 0.25) is 0 Å². The van der Waals surface area contributed by atoms with Crippen LogP contribution in [0.25, 0.3) is 0 Å². The molecule has 70 valence electrons. The van der Waals surface area contributed by atoms with Crippen LogP contribution >= 0.6 is 0 Å². The predicted molar refractivity (Wildman–Crippen MR) is 42.6 cm³/mol. The van der Waals surface area contributed by atoms with Crippen molar-refractivity contribution in [2.75, 3.05) is 6.61 Å². The summed E-state index contributed by atoms with van der Waals surface area (Å²) in [6.45, 7) is 3.33. The summed E-state index contributed by atoms with van der Waals surface area (Å²) in [4.78, 5) is 33.5. The first kappa shape index (κ1) is 9.44. The largest absolute Gasteiger partial charge is 0.445 e. The van der Waals surface area contributed by atoms with Gasteiger partial charge < -0.3 is 4.74 Å². The van der Waals surface area contributed by atoms with E-state index in [4.69, 9.17) is 0 Å². The van der Waals surface area contributed by atoms with Crippen molar-refractivity contribution in [3.05, 3.63) is 12.7 Å². The Balaban J connectivity index is 2.59. The molecule has 1 fully saturated rings. The number of carbonyl (C=O) groups excluding carboxylic acids is 3. The fourth-order valence-electron chi connectivity index (χ4n) is 0.975. The van der Waals surface area contributed by atoms with Gasteiger partial charge in [-0.25, -0.2) is 4.79 Å². The van der Waals surface area contributed by atoms with Crippen molar-refractivity contribution in [2.45, 2.75) is 12.8 Å². The first-order chi connectivity index (χ1) is 6.16. The minimum atomic E-state index is -0.910. The predicted octanol–water partition coefficient (Wildman–Crippen LogP) is 0.458. The third kappa shape index (κ3) is 1.93. The van der Waals surface area contributed by atoms with E-state index in [0.29, 0.717) is 4.90 Å². The Labute approximate surface area is 75.0 Å². The van der Waals surface area contributed by atoms with Crippen molar-refractivity contribution in [1.82, 2.24) is 4.90 Å². The standard InChI is InChI=1S/C8H9NO4/c1-2-5-13-8(12)9-6(10)3-4-7(9)11/h2H,1,3-5H2. The highest BCUT2D eigenvalue weighted by atomic mass is 16.6. The molecule has 5 nitrogen and oxygen atoms in total. The molecule has 0 aliphatic carbocycles. The van der Waals surface area contributed by atoms with Crippen molar-refractivity contribution >= 4 is 17.9 Å². The fourth-order valence-corrected chi connectivity index (χ4v) is 0.975. The van der Waals surface area contributed by atoms with Gasteiger partial charge in [0.1, 0.15) is 6.61 Å². The summed E-state index contributed by atoms with van der Waals surface area (Å²) in [6.07, 6.45) is 0.625.